The van der Waals surface area contributed by atoms with E-state index in [2.05, 4.69) is 5.32 Å². The highest BCUT2D eigenvalue weighted by Gasteiger charge is 2.27. The Morgan fingerprint density at radius 2 is 1.66 bits per heavy atom. The van der Waals surface area contributed by atoms with Crippen LogP contribution < -0.4 is 5.32 Å². The molecule has 1 fully saturated rings. The van der Waals surface area contributed by atoms with Gasteiger partial charge in [0, 0.05) is 18.8 Å². The zero-order valence-electron chi connectivity index (χ0n) is 17.2. The Morgan fingerprint density at radius 1 is 0.969 bits per heavy atom. The number of benzene rings is 3. The highest BCUT2D eigenvalue weighted by atomic mass is 32.2. The van der Waals surface area contributed by atoms with Crippen molar-refractivity contribution in [2.75, 3.05) is 25.0 Å². The van der Waals surface area contributed by atoms with Gasteiger partial charge in [0.05, 0.1) is 4.90 Å². The molecule has 0 aromatic heterocycles. The summed E-state index contributed by atoms with van der Waals surface area (Å²) in [7, 11) is -3.61. The first-order chi connectivity index (χ1) is 15.3. The molecule has 1 aliphatic heterocycles. The number of carbonyl (C=O) groups is 2. The van der Waals surface area contributed by atoms with Crippen molar-refractivity contribution in [2.45, 2.75) is 17.7 Å². The molecule has 3 aromatic carbocycles. The van der Waals surface area contributed by atoms with Gasteiger partial charge in [-0.15, -0.1) is 0 Å². The van der Waals surface area contributed by atoms with Gasteiger partial charge in [-0.2, -0.15) is 4.31 Å². The number of hydrogen-bond donors (Lipinski definition) is 2. The Labute approximate surface area is 185 Å². The molecule has 0 saturated carbocycles. The van der Waals surface area contributed by atoms with Crippen molar-refractivity contribution in [3.8, 4) is 5.75 Å². The van der Waals surface area contributed by atoms with E-state index in [1.165, 1.54) is 34.6 Å². The number of phenols is 1. The molecule has 32 heavy (non-hydrogen) atoms. The lowest BCUT2D eigenvalue weighted by Crippen LogP contribution is -2.28. The fraction of sp³-hybridized carbons (Fsp3) is 0.217. The molecule has 1 saturated heterocycles. The fourth-order valence-electron chi connectivity index (χ4n) is 3.61. The Balaban J connectivity index is 1.40. The number of rotatable bonds is 6. The SMILES string of the molecule is O=C(COC(=O)c1cc2ccccc2cc1O)Nc1cccc(S(=O)(=O)N2CCCC2)c1. The summed E-state index contributed by atoms with van der Waals surface area (Å²) in [5.41, 5.74) is 0.232. The van der Waals surface area contributed by atoms with E-state index in [0.717, 1.165) is 23.6 Å². The summed E-state index contributed by atoms with van der Waals surface area (Å²) < 4.78 is 31.8. The molecular weight excluding hydrogens is 432 g/mol. The van der Waals surface area contributed by atoms with Crippen LogP contribution in [0.3, 0.4) is 0 Å². The lowest BCUT2D eigenvalue weighted by Gasteiger charge is -2.16. The smallest absolute Gasteiger partial charge is 0.342 e. The quantitative estimate of drug-likeness (QED) is 0.554. The molecule has 2 N–H and O–H groups in total. The highest BCUT2D eigenvalue weighted by Crippen LogP contribution is 2.26. The topological polar surface area (TPSA) is 113 Å². The van der Waals surface area contributed by atoms with Gasteiger partial charge in [-0.3, -0.25) is 4.79 Å². The molecule has 4 rings (SSSR count). The molecule has 8 nitrogen and oxygen atoms in total. The second kappa shape index (κ2) is 8.97. The molecule has 0 unspecified atom stereocenters. The first-order valence-electron chi connectivity index (χ1n) is 10.1. The minimum Gasteiger partial charge on any atom is -0.507 e. The lowest BCUT2D eigenvalue weighted by atomic mass is 10.1. The minimum atomic E-state index is -3.61. The molecule has 1 amide bonds. The van der Waals surface area contributed by atoms with Crippen LogP contribution in [-0.2, 0) is 19.6 Å². The Hall–Kier alpha value is -3.43. The van der Waals surface area contributed by atoms with Crippen molar-refractivity contribution in [3.05, 3.63) is 66.2 Å². The highest BCUT2D eigenvalue weighted by molar-refractivity contribution is 7.89. The number of amides is 1. The summed E-state index contributed by atoms with van der Waals surface area (Å²) in [6.45, 7) is 0.376. The predicted molar refractivity (Wildman–Crippen MR) is 119 cm³/mol. The Morgan fingerprint density at radius 3 is 2.38 bits per heavy atom. The molecule has 9 heteroatoms. The Bertz CT molecular complexity index is 1280. The third kappa shape index (κ3) is 4.58. The van der Waals surface area contributed by atoms with Crippen LogP contribution in [0.2, 0.25) is 0 Å². The van der Waals surface area contributed by atoms with E-state index in [0.29, 0.717) is 13.1 Å². The average molecular weight is 455 g/mol. The van der Waals surface area contributed by atoms with E-state index in [9.17, 15) is 23.1 Å². The molecule has 0 atom stereocenters. The van der Waals surface area contributed by atoms with Crippen LogP contribution in [0.5, 0.6) is 5.75 Å². The molecule has 1 heterocycles. The van der Waals surface area contributed by atoms with Crippen LogP contribution in [0, 0.1) is 0 Å². The van der Waals surface area contributed by atoms with Crippen molar-refractivity contribution in [3.63, 3.8) is 0 Å². The largest absolute Gasteiger partial charge is 0.507 e. The standard InChI is InChI=1S/C23H22N2O6S/c26-21-13-17-7-2-1-6-16(17)12-20(21)23(28)31-15-22(27)24-18-8-5-9-19(14-18)32(29,30)25-10-3-4-11-25/h1-2,5-9,12-14,26H,3-4,10-11,15H2,(H,24,27). The number of carbonyl (C=O) groups excluding carboxylic acids is 2. The van der Waals surface area contributed by atoms with Crippen LogP contribution in [0.1, 0.15) is 23.2 Å². The number of ether oxygens (including phenoxy) is 1. The van der Waals surface area contributed by atoms with Gasteiger partial charge in [0.1, 0.15) is 11.3 Å². The average Bonchev–Trinajstić information content (AvgIpc) is 3.33. The van der Waals surface area contributed by atoms with Gasteiger partial charge in [0.2, 0.25) is 10.0 Å². The van der Waals surface area contributed by atoms with E-state index < -0.39 is 28.5 Å². The normalized spacial score (nSPS) is 14.4. The number of aromatic hydroxyl groups is 1. The van der Waals surface area contributed by atoms with Crippen LogP contribution in [0.4, 0.5) is 5.69 Å². The van der Waals surface area contributed by atoms with Crippen molar-refractivity contribution in [1.82, 2.24) is 4.31 Å². The van der Waals surface area contributed by atoms with Gasteiger partial charge < -0.3 is 15.2 Å². The molecule has 0 bridgehead atoms. The van der Waals surface area contributed by atoms with Gasteiger partial charge in [-0.1, -0.05) is 30.3 Å². The number of anilines is 1. The van der Waals surface area contributed by atoms with Crippen molar-refractivity contribution in [2.24, 2.45) is 0 Å². The van der Waals surface area contributed by atoms with Crippen LogP contribution in [-0.4, -0.2) is 49.4 Å². The first kappa shape index (κ1) is 21.8. The zero-order chi connectivity index (χ0) is 22.7. The summed E-state index contributed by atoms with van der Waals surface area (Å²) in [5, 5.41) is 14.2. The first-order valence-corrected chi connectivity index (χ1v) is 11.6. The van der Waals surface area contributed by atoms with Crippen molar-refractivity contribution < 1.29 is 27.9 Å². The molecule has 166 valence electrons. The third-order valence-electron chi connectivity index (χ3n) is 5.24. The van der Waals surface area contributed by atoms with Crippen LogP contribution >= 0.6 is 0 Å². The van der Waals surface area contributed by atoms with Crippen LogP contribution in [0.15, 0.2) is 65.6 Å². The number of hydrogen-bond acceptors (Lipinski definition) is 6. The number of phenolic OH excluding ortho intramolecular Hbond substituents is 1. The van der Waals surface area contributed by atoms with E-state index in [1.54, 1.807) is 24.3 Å². The summed E-state index contributed by atoms with van der Waals surface area (Å²) >= 11 is 0. The minimum absolute atomic E-state index is 0.0461. The summed E-state index contributed by atoms with van der Waals surface area (Å²) in [4.78, 5) is 24.7. The van der Waals surface area contributed by atoms with E-state index in [-0.39, 0.29) is 21.9 Å². The maximum atomic E-state index is 12.7. The molecule has 0 radical (unpaired) electrons. The fourth-order valence-corrected chi connectivity index (χ4v) is 5.17. The summed E-state index contributed by atoms with van der Waals surface area (Å²) in [5.74, 6) is -1.71. The lowest BCUT2D eigenvalue weighted by molar-refractivity contribution is -0.119. The maximum absolute atomic E-state index is 12.7. The number of nitrogens with zero attached hydrogens (tertiary/aromatic N) is 1. The van der Waals surface area contributed by atoms with Gasteiger partial charge in [-0.05, 0) is 53.9 Å². The zero-order valence-corrected chi connectivity index (χ0v) is 18.0. The molecule has 0 spiro atoms. The summed E-state index contributed by atoms with van der Waals surface area (Å²) in [6, 6.07) is 16.1. The maximum Gasteiger partial charge on any atom is 0.342 e. The predicted octanol–water partition coefficient (Wildman–Crippen LogP) is 3.13. The second-order valence-electron chi connectivity index (χ2n) is 7.48. The van der Waals surface area contributed by atoms with Gasteiger partial charge >= 0.3 is 5.97 Å². The molecule has 1 aliphatic rings. The third-order valence-corrected chi connectivity index (χ3v) is 7.13. The molecule has 0 aliphatic carbocycles. The number of nitrogens with one attached hydrogen (secondary N) is 1. The monoisotopic (exact) mass is 454 g/mol. The number of esters is 1. The molecular formula is C23H22N2O6S. The van der Waals surface area contributed by atoms with E-state index >= 15 is 0 Å². The van der Waals surface area contributed by atoms with Crippen molar-refractivity contribution >= 4 is 38.4 Å². The van der Waals surface area contributed by atoms with Crippen molar-refractivity contribution in [1.29, 1.82) is 0 Å². The summed E-state index contributed by atoms with van der Waals surface area (Å²) in [6.07, 6.45) is 1.65. The Kier molecular flexibility index (Phi) is 6.11. The van der Waals surface area contributed by atoms with Gasteiger partial charge in [0.15, 0.2) is 6.61 Å². The van der Waals surface area contributed by atoms with E-state index in [1.807, 2.05) is 6.07 Å². The molecule has 3 aromatic rings. The van der Waals surface area contributed by atoms with E-state index in [4.69, 9.17) is 4.74 Å². The number of sulfonamides is 1. The van der Waals surface area contributed by atoms with Crippen LogP contribution in [0.25, 0.3) is 10.8 Å². The van der Waals surface area contributed by atoms with Gasteiger partial charge in [0.25, 0.3) is 5.91 Å². The second-order valence-corrected chi connectivity index (χ2v) is 9.42. The van der Waals surface area contributed by atoms with Gasteiger partial charge in [-0.25, -0.2) is 13.2 Å². The number of fused-ring (bicyclic) bond motifs is 1.